The highest BCUT2D eigenvalue weighted by molar-refractivity contribution is 5.41. The fourth-order valence-electron chi connectivity index (χ4n) is 3.69. The van der Waals surface area contributed by atoms with Gasteiger partial charge < -0.3 is 10.5 Å². The summed E-state index contributed by atoms with van der Waals surface area (Å²) in [5.41, 5.74) is 9.82. The van der Waals surface area contributed by atoms with E-state index < -0.39 is 0 Å². The second kappa shape index (κ2) is 6.78. The Morgan fingerprint density at radius 3 is 2.67 bits per heavy atom. The molecule has 3 atom stereocenters. The minimum absolute atomic E-state index is 0.313. The SMILES string of the molecule is COc1c(C)cnc(CC2CC(C(C)C)CCC2N)c1C. The predicted molar refractivity (Wildman–Crippen MR) is 87.6 cm³/mol. The molecule has 0 aliphatic heterocycles. The monoisotopic (exact) mass is 290 g/mol. The van der Waals surface area contributed by atoms with Crippen LogP contribution in [0.15, 0.2) is 6.20 Å². The molecule has 1 aliphatic rings. The molecule has 21 heavy (non-hydrogen) atoms. The van der Waals surface area contributed by atoms with Crippen LogP contribution < -0.4 is 10.5 Å². The van der Waals surface area contributed by atoms with Crippen LogP contribution in [0.2, 0.25) is 0 Å². The van der Waals surface area contributed by atoms with Crippen molar-refractivity contribution in [2.45, 2.75) is 59.4 Å². The second-order valence-corrected chi connectivity index (χ2v) is 6.99. The molecule has 1 aromatic heterocycles. The standard InChI is InChI=1S/C18H30N2O/c1-11(2)14-6-7-16(19)15(8-14)9-17-13(4)18(21-5)12(3)10-20-17/h10-11,14-16H,6-9,19H2,1-5H3. The number of nitrogens with zero attached hydrogens (tertiary/aromatic N) is 1. The van der Waals surface area contributed by atoms with E-state index in [0.29, 0.717) is 12.0 Å². The third kappa shape index (κ3) is 3.57. The van der Waals surface area contributed by atoms with Gasteiger partial charge in [0.1, 0.15) is 5.75 Å². The number of aryl methyl sites for hydroxylation is 1. The van der Waals surface area contributed by atoms with Crippen molar-refractivity contribution in [1.29, 1.82) is 0 Å². The molecule has 0 aromatic carbocycles. The van der Waals surface area contributed by atoms with E-state index in [1.165, 1.54) is 18.4 Å². The molecular formula is C18H30N2O. The number of methoxy groups -OCH3 is 1. The maximum absolute atomic E-state index is 6.38. The fraction of sp³-hybridized carbons (Fsp3) is 0.722. The van der Waals surface area contributed by atoms with E-state index in [1.807, 2.05) is 13.1 Å². The lowest BCUT2D eigenvalue weighted by atomic mass is 9.72. The summed E-state index contributed by atoms with van der Waals surface area (Å²) in [5.74, 6) is 3.08. The van der Waals surface area contributed by atoms with Crippen LogP contribution in [0.5, 0.6) is 5.75 Å². The Kier molecular flexibility index (Phi) is 5.26. The number of ether oxygens (including phenoxy) is 1. The summed E-state index contributed by atoms with van der Waals surface area (Å²) in [6.45, 7) is 8.82. The maximum Gasteiger partial charge on any atom is 0.128 e. The van der Waals surface area contributed by atoms with Crippen LogP contribution in [0.4, 0.5) is 0 Å². The average molecular weight is 290 g/mol. The molecule has 3 nitrogen and oxygen atoms in total. The van der Waals surface area contributed by atoms with Crippen LogP contribution in [-0.2, 0) is 6.42 Å². The highest BCUT2D eigenvalue weighted by atomic mass is 16.5. The van der Waals surface area contributed by atoms with Gasteiger partial charge in [0.05, 0.1) is 7.11 Å². The molecule has 2 N–H and O–H groups in total. The predicted octanol–water partition coefficient (Wildman–Crippen LogP) is 3.65. The van der Waals surface area contributed by atoms with Gasteiger partial charge in [0, 0.05) is 29.1 Å². The highest BCUT2D eigenvalue weighted by Gasteiger charge is 2.30. The summed E-state index contributed by atoms with van der Waals surface area (Å²) in [7, 11) is 1.74. The lowest BCUT2D eigenvalue weighted by molar-refractivity contribution is 0.188. The second-order valence-electron chi connectivity index (χ2n) is 6.99. The van der Waals surface area contributed by atoms with Crippen LogP contribution in [-0.4, -0.2) is 18.1 Å². The first-order valence-corrected chi connectivity index (χ1v) is 8.18. The first-order valence-electron chi connectivity index (χ1n) is 8.18. The summed E-state index contributed by atoms with van der Waals surface area (Å²) < 4.78 is 5.52. The number of rotatable bonds is 4. The third-order valence-electron chi connectivity index (χ3n) is 5.23. The summed E-state index contributed by atoms with van der Waals surface area (Å²) in [4.78, 5) is 4.65. The first kappa shape index (κ1) is 16.3. The van der Waals surface area contributed by atoms with E-state index in [0.717, 1.165) is 41.7 Å². The van der Waals surface area contributed by atoms with Crippen molar-refractivity contribution >= 4 is 0 Å². The first-order chi connectivity index (χ1) is 9.93. The molecule has 0 bridgehead atoms. The lowest BCUT2D eigenvalue weighted by Crippen LogP contribution is -2.38. The van der Waals surface area contributed by atoms with E-state index in [-0.39, 0.29) is 0 Å². The summed E-state index contributed by atoms with van der Waals surface area (Å²) in [6.07, 6.45) is 6.56. The molecule has 0 saturated heterocycles. The Labute approximate surface area is 129 Å². The van der Waals surface area contributed by atoms with Crippen molar-refractivity contribution in [3.05, 3.63) is 23.0 Å². The largest absolute Gasteiger partial charge is 0.496 e. The van der Waals surface area contributed by atoms with Gasteiger partial charge in [0.25, 0.3) is 0 Å². The molecule has 0 spiro atoms. The van der Waals surface area contributed by atoms with Crippen molar-refractivity contribution in [2.24, 2.45) is 23.5 Å². The van der Waals surface area contributed by atoms with Gasteiger partial charge in [0.15, 0.2) is 0 Å². The molecule has 1 aliphatic carbocycles. The van der Waals surface area contributed by atoms with Crippen molar-refractivity contribution in [2.75, 3.05) is 7.11 Å². The van der Waals surface area contributed by atoms with Gasteiger partial charge in [-0.05, 0) is 57.3 Å². The molecule has 1 fully saturated rings. The van der Waals surface area contributed by atoms with Crippen molar-refractivity contribution in [1.82, 2.24) is 4.98 Å². The van der Waals surface area contributed by atoms with E-state index >= 15 is 0 Å². The molecule has 1 heterocycles. The van der Waals surface area contributed by atoms with E-state index in [1.54, 1.807) is 7.11 Å². The summed E-state index contributed by atoms with van der Waals surface area (Å²) >= 11 is 0. The van der Waals surface area contributed by atoms with E-state index in [9.17, 15) is 0 Å². The summed E-state index contributed by atoms with van der Waals surface area (Å²) in [5, 5.41) is 0. The molecule has 0 radical (unpaired) electrons. The Morgan fingerprint density at radius 2 is 2.05 bits per heavy atom. The van der Waals surface area contributed by atoms with E-state index in [4.69, 9.17) is 10.5 Å². The number of nitrogens with two attached hydrogens (primary N) is 1. The molecule has 118 valence electrons. The zero-order valence-electron chi connectivity index (χ0n) is 14.1. The quantitative estimate of drug-likeness (QED) is 0.920. The normalized spacial score (nSPS) is 26.1. The van der Waals surface area contributed by atoms with Crippen LogP contribution in [0.3, 0.4) is 0 Å². The molecular weight excluding hydrogens is 260 g/mol. The molecule has 1 aromatic rings. The Bertz CT molecular complexity index is 484. The number of aromatic nitrogens is 1. The number of pyridine rings is 1. The van der Waals surface area contributed by atoms with Gasteiger partial charge in [-0.1, -0.05) is 13.8 Å². The fourth-order valence-corrected chi connectivity index (χ4v) is 3.69. The van der Waals surface area contributed by atoms with Crippen molar-refractivity contribution in [3.8, 4) is 5.75 Å². The minimum atomic E-state index is 0.313. The Balaban J connectivity index is 2.16. The van der Waals surface area contributed by atoms with Gasteiger partial charge in [0.2, 0.25) is 0 Å². The number of hydrogen-bond acceptors (Lipinski definition) is 3. The topological polar surface area (TPSA) is 48.1 Å². The Morgan fingerprint density at radius 1 is 1.33 bits per heavy atom. The van der Waals surface area contributed by atoms with Crippen LogP contribution in [0.1, 0.15) is 49.9 Å². The average Bonchev–Trinajstić information content (AvgIpc) is 2.44. The number of hydrogen-bond donors (Lipinski definition) is 1. The Hall–Kier alpha value is -1.09. The lowest BCUT2D eigenvalue weighted by Gasteiger charge is -2.36. The van der Waals surface area contributed by atoms with Crippen LogP contribution in [0, 0.1) is 31.6 Å². The van der Waals surface area contributed by atoms with Gasteiger partial charge in [-0.25, -0.2) is 0 Å². The van der Waals surface area contributed by atoms with Gasteiger partial charge in [-0.2, -0.15) is 0 Å². The maximum atomic E-state index is 6.38. The van der Waals surface area contributed by atoms with Crippen LogP contribution in [0.25, 0.3) is 0 Å². The minimum Gasteiger partial charge on any atom is -0.496 e. The smallest absolute Gasteiger partial charge is 0.128 e. The highest BCUT2D eigenvalue weighted by Crippen LogP contribution is 2.36. The van der Waals surface area contributed by atoms with Crippen molar-refractivity contribution < 1.29 is 4.74 Å². The van der Waals surface area contributed by atoms with Gasteiger partial charge >= 0.3 is 0 Å². The van der Waals surface area contributed by atoms with Crippen molar-refractivity contribution in [3.63, 3.8) is 0 Å². The molecule has 2 rings (SSSR count). The molecule has 0 amide bonds. The van der Waals surface area contributed by atoms with Gasteiger partial charge in [-0.3, -0.25) is 4.98 Å². The summed E-state index contributed by atoms with van der Waals surface area (Å²) in [6, 6.07) is 0.313. The zero-order valence-corrected chi connectivity index (χ0v) is 14.1. The zero-order chi connectivity index (χ0) is 15.6. The third-order valence-corrected chi connectivity index (χ3v) is 5.23. The molecule has 1 saturated carbocycles. The molecule has 3 heteroatoms. The van der Waals surface area contributed by atoms with Crippen LogP contribution >= 0.6 is 0 Å². The molecule has 3 unspecified atom stereocenters. The van der Waals surface area contributed by atoms with E-state index in [2.05, 4.69) is 25.8 Å². The van der Waals surface area contributed by atoms with Gasteiger partial charge in [-0.15, -0.1) is 0 Å².